The molecule has 2 aliphatic rings. The first-order valence-corrected chi connectivity index (χ1v) is 12.3. The van der Waals surface area contributed by atoms with E-state index in [-0.39, 0.29) is 0 Å². The fourth-order valence-electron chi connectivity index (χ4n) is 4.68. The quantitative estimate of drug-likeness (QED) is 0.611. The Morgan fingerprint density at radius 3 is 2.53 bits per heavy atom. The van der Waals surface area contributed by atoms with Crippen molar-refractivity contribution >= 4 is 27.4 Å². The Hall–Kier alpha value is -2.02. The van der Waals surface area contributed by atoms with Crippen molar-refractivity contribution in [1.82, 2.24) is 9.97 Å². The van der Waals surface area contributed by atoms with Crippen LogP contribution in [0.4, 0.5) is 5.82 Å². The Balaban J connectivity index is 1.52. The maximum absolute atomic E-state index is 5.52. The largest absolute Gasteiger partial charge is 0.370 e. The Morgan fingerprint density at radius 2 is 1.77 bits per heavy atom. The summed E-state index contributed by atoms with van der Waals surface area (Å²) in [7, 11) is 0. The van der Waals surface area contributed by atoms with Gasteiger partial charge in [-0.25, -0.2) is 9.97 Å². The van der Waals surface area contributed by atoms with E-state index in [0.717, 1.165) is 49.3 Å². The first-order valence-electron chi connectivity index (χ1n) is 11.4. The van der Waals surface area contributed by atoms with Crippen LogP contribution in [-0.4, -0.2) is 42.3 Å². The summed E-state index contributed by atoms with van der Waals surface area (Å²) < 4.78 is 5.52. The summed E-state index contributed by atoms with van der Waals surface area (Å²) in [5.74, 6) is 1.99. The Labute approximate surface area is 182 Å². The molecule has 30 heavy (non-hydrogen) atoms. The Kier molecular flexibility index (Phi) is 6.25. The van der Waals surface area contributed by atoms with Crippen LogP contribution in [-0.2, 0) is 11.3 Å². The second kappa shape index (κ2) is 9.41. The number of anilines is 1. The van der Waals surface area contributed by atoms with Crippen LogP contribution in [0.15, 0.2) is 35.7 Å². The van der Waals surface area contributed by atoms with E-state index in [4.69, 9.17) is 14.7 Å². The van der Waals surface area contributed by atoms with Crippen LogP contribution in [0.2, 0.25) is 0 Å². The summed E-state index contributed by atoms with van der Waals surface area (Å²) in [6.45, 7) is 4.61. The fraction of sp³-hybridized carbons (Fsp3) is 0.500. The number of nitrogens with zero attached hydrogens (tertiary/aromatic N) is 2. The monoisotopic (exact) mass is 423 g/mol. The first-order chi connectivity index (χ1) is 14.9. The molecular formula is C24H31N4OS+. The third-order valence-electron chi connectivity index (χ3n) is 6.37. The lowest BCUT2D eigenvalue weighted by atomic mass is 10.1. The van der Waals surface area contributed by atoms with E-state index in [9.17, 15) is 0 Å². The Bertz CT molecular complexity index is 960. The highest BCUT2D eigenvalue weighted by atomic mass is 32.1. The van der Waals surface area contributed by atoms with E-state index in [1.807, 2.05) is 0 Å². The second-order valence-corrected chi connectivity index (χ2v) is 9.41. The highest BCUT2D eigenvalue weighted by Gasteiger charge is 2.22. The number of rotatable bonds is 5. The molecule has 158 valence electrons. The number of benzene rings is 1. The van der Waals surface area contributed by atoms with Crippen molar-refractivity contribution < 1.29 is 9.64 Å². The lowest BCUT2D eigenvalue weighted by Crippen LogP contribution is -3.12. The summed E-state index contributed by atoms with van der Waals surface area (Å²) >= 11 is 1.74. The standard InChI is InChI=1S/C24H30N4OS/c1-2-7-11-19(10-6-1)25-23-22-20(18-8-4-3-5-9-18)17-30-24(22)27-21(26-23)16-28-12-14-29-15-13-28/h3-5,8-9,17,19H,1-2,6-7,10-16H2,(H,25,26,27)/p+1. The fourth-order valence-corrected chi connectivity index (χ4v) is 5.64. The zero-order valence-corrected chi connectivity index (χ0v) is 18.3. The third kappa shape index (κ3) is 4.51. The van der Waals surface area contributed by atoms with E-state index < -0.39 is 0 Å². The summed E-state index contributed by atoms with van der Waals surface area (Å²) in [4.78, 5) is 12.7. The van der Waals surface area contributed by atoms with Crippen molar-refractivity contribution in [3.63, 3.8) is 0 Å². The van der Waals surface area contributed by atoms with Gasteiger partial charge in [-0.3, -0.25) is 0 Å². The van der Waals surface area contributed by atoms with Crippen molar-refractivity contribution in [1.29, 1.82) is 0 Å². The van der Waals surface area contributed by atoms with Crippen molar-refractivity contribution in [2.75, 3.05) is 31.6 Å². The number of fused-ring (bicyclic) bond motifs is 1. The number of ether oxygens (including phenoxy) is 1. The van der Waals surface area contributed by atoms with Gasteiger partial charge in [0.2, 0.25) is 0 Å². The van der Waals surface area contributed by atoms with Gasteiger partial charge in [0.15, 0.2) is 5.82 Å². The van der Waals surface area contributed by atoms with Gasteiger partial charge >= 0.3 is 0 Å². The first kappa shape index (κ1) is 19.9. The zero-order chi connectivity index (χ0) is 20.2. The summed E-state index contributed by atoms with van der Waals surface area (Å²) in [6, 6.07) is 11.2. The van der Waals surface area contributed by atoms with E-state index in [1.54, 1.807) is 11.3 Å². The average molecular weight is 424 g/mol. The highest BCUT2D eigenvalue weighted by molar-refractivity contribution is 7.17. The minimum atomic E-state index is 0.512. The van der Waals surface area contributed by atoms with Crippen molar-refractivity contribution in [3.05, 3.63) is 41.5 Å². The molecule has 2 aromatic heterocycles. The zero-order valence-electron chi connectivity index (χ0n) is 17.5. The van der Waals surface area contributed by atoms with Crippen LogP contribution < -0.4 is 10.2 Å². The maximum Gasteiger partial charge on any atom is 0.187 e. The molecule has 1 saturated carbocycles. The number of quaternary nitrogens is 1. The van der Waals surface area contributed by atoms with E-state index in [2.05, 4.69) is 41.0 Å². The van der Waals surface area contributed by atoms with Gasteiger partial charge in [-0.1, -0.05) is 56.0 Å². The molecule has 5 rings (SSSR count). The van der Waals surface area contributed by atoms with Gasteiger partial charge in [0.1, 0.15) is 30.3 Å². The van der Waals surface area contributed by atoms with Gasteiger partial charge in [0, 0.05) is 17.0 Å². The van der Waals surface area contributed by atoms with Crippen LogP contribution in [0.25, 0.3) is 21.3 Å². The predicted molar refractivity (Wildman–Crippen MR) is 123 cm³/mol. The number of aromatic nitrogens is 2. The van der Waals surface area contributed by atoms with Gasteiger partial charge in [0.25, 0.3) is 0 Å². The molecule has 5 nitrogen and oxygen atoms in total. The molecule has 0 spiro atoms. The molecule has 3 heterocycles. The summed E-state index contributed by atoms with van der Waals surface area (Å²) in [5, 5.41) is 7.30. The SMILES string of the molecule is c1ccc(-c2csc3nc(C[NH+]4CCOCC4)nc(NC4CCCCCC4)c23)cc1. The molecule has 1 aliphatic carbocycles. The number of hydrogen-bond acceptors (Lipinski definition) is 5. The van der Waals surface area contributed by atoms with Gasteiger partial charge in [-0.15, -0.1) is 11.3 Å². The van der Waals surface area contributed by atoms with E-state index >= 15 is 0 Å². The average Bonchev–Trinajstić information content (AvgIpc) is 3.04. The molecule has 0 radical (unpaired) electrons. The molecule has 0 amide bonds. The Morgan fingerprint density at radius 1 is 1.00 bits per heavy atom. The number of thiophene rings is 1. The topological polar surface area (TPSA) is 51.5 Å². The lowest BCUT2D eigenvalue weighted by molar-refractivity contribution is -0.922. The molecule has 1 aromatic carbocycles. The van der Waals surface area contributed by atoms with Gasteiger partial charge < -0.3 is 15.0 Å². The molecule has 0 atom stereocenters. The molecular weight excluding hydrogens is 392 g/mol. The molecule has 1 aliphatic heterocycles. The normalized spacial score (nSPS) is 19.1. The second-order valence-electron chi connectivity index (χ2n) is 8.56. The highest BCUT2D eigenvalue weighted by Crippen LogP contribution is 2.37. The lowest BCUT2D eigenvalue weighted by Gasteiger charge is -2.23. The predicted octanol–water partition coefficient (Wildman–Crippen LogP) is 3.91. The summed E-state index contributed by atoms with van der Waals surface area (Å²) in [6.07, 6.45) is 7.81. The van der Waals surface area contributed by atoms with Crippen LogP contribution in [0.5, 0.6) is 0 Å². The number of nitrogens with one attached hydrogen (secondary N) is 2. The molecule has 1 saturated heterocycles. The smallest absolute Gasteiger partial charge is 0.187 e. The summed E-state index contributed by atoms with van der Waals surface area (Å²) in [5.41, 5.74) is 2.49. The minimum absolute atomic E-state index is 0.512. The number of hydrogen-bond donors (Lipinski definition) is 2. The van der Waals surface area contributed by atoms with Crippen molar-refractivity contribution in [2.24, 2.45) is 0 Å². The van der Waals surface area contributed by atoms with Crippen LogP contribution in [0.3, 0.4) is 0 Å². The number of morpholine rings is 1. The van der Waals surface area contributed by atoms with Crippen molar-refractivity contribution in [3.8, 4) is 11.1 Å². The molecule has 3 aromatic rings. The molecule has 0 bridgehead atoms. The van der Waals surface area contributed by atoms with E-state index in [0.29, 0.717) is 6.04 Å². The maximum atomic E-state index is 5.52. The molecule has 2 fully saturated rings. The van der Waals surface area contributed by atoms with E-state index in [1.165, 1.54) is 59.9 Å². The van der Waals surface area contributed by atoms with Gasteiger partial charge in [-0.2, -0.15) is 0 Å². The van der Waals surface area contributed by atoms with Crippen LogP contribution in [0.1, 0.15) is 44.3 Å². The van der Waals surface area contributed by atoms with Crippen molar-refractivity contribution in [2.45, 2.75) is 51.1 Å². The molecule has 0 unspecified atom stereocenters. The van der Waals surface area contributed by atoms with Gasteiger partial charge in [0.05, 0.1) is 18.6 Å². The third-order valence-corrected chi connectivity index (χ3v) is 7.24. The molecule has 2 N–H and O–H groups in total. The van der Waals surface area contributed by atoms with Crippen LogP contribution in [0, 0.1) is 0 Å². The van der Waals surface area contributed by atoms with Crippen LogP contribution >= 0.6 is 11.3 Å². The van der Waals surface area contributed by atoms with Gasteiger partial charge in [-0.05, 0) is 18.4 Å². The molecule has 6 heteroatoms. The minimum Gasteiger partial charge on any atom is -0.370 e.